The number of benzene rings is 1. The lowest BCUT2D eigenvalue weighted by atomic mass is 10.0. The van der Waals surface area contributed by atoms with E-state index in [1.165, 1.54) is 0 Å². The fraction of sp³-hybridized carbons (Fsp3) is 0.533. The van der Waals surface area contributed by atoms with E-state index in [4.69, 9.17) is 5.73 Å². The van der Waals surface area contributed by atoms with Gasteiger partial charge < -0.3 is 11.1 Å². The molecule has 1 fully saturated rings. The predicted octanol–water partition coefficient (Wildman–Crippen LogP) is 3.20. The van der Waals surface area contributed by atoms with Crippen LogP contribution in [0.25, 0.3) is 0 Å². The third kappa shape index (κ3) is 1.78. The second-order valence-corrected chi connectivity index (χ2v) is 6.44. The van der Waals surface area contributed by atoms with Crippen LogP contribution in [-0.2, 0) is 4.79 Å². The maximum atomic E-state index is 12.3. The van der Waals surface area contributed by atoms with Crippen molar-refractivity contribution in [2.45, 2.75) is 34.6 Å². The molecule has 2 rings (SSSR count). The zero-order chi connectivity index (χ0) is 13.7. The molecule has 0 saturated heterocycles. The summed E-state index contributed by atoms with van der Waals surface area (Å²) in [5.41, 5.74) is 8.49. The minimum Gasteiger partial charge on any atom is -0.398 e. The lowest BCUT2D eigenvalue weighted by Gasteiger charge is -2.08. The van der Waals surface area contributed by atoms with Crippen molar-refractivity contribution >= 4 is 17.3 Å². The highest BCUT2D eigenvalue weighted by Gasteiger charge is 2.68. The quantitative estimate of drug-likeness (QED) is 0.787. The first-order valence-corrected chi connectivity index (χ1v) is 6.35. The van der Waals surface area contributed by atoms with Gasteiger partial charge in [-0.3, -0.25) is 4.79 Å². The van der Waals surface area contributed by atoms with Crippen molar-refractivity contribution in [3.05, 3.63) is 23.8 Å². The van der Waals surface area contributed by atoms with Crippen molar-refractivity contribution in [1.29, 1.82) is 0 Å². The highest BCUT2D eigenvalue weighted by molar-refractivity contribution is 5.96. The highest BCUT2D eigenvalue weighted by Crippen LogP contribution is 2.68. The van der Waals surface area contributed by atoms with Crippen LogP contribution in [-0.4, -0.2) is 5.91 Å². The number of carbonyl (C=O) groups is 1. The van der Waals surface area contributed by atoms with Gasteiger partial charge in [0.1, 0.15) is 0 Å². The van der Waals surface area contributed by atoms with E-state index in [2.05, 4.69) is 33.0 Å². The van der Waals surface area contributed by atoms with E-state index < -0.39 is 0 Å². The van der Waals surface area contributed by atoms with Gasteiger partial charge in [0.15, 0.2) is 0 Å². The SMILES string of the molecule is Cc1ccc(NC(=O)C2C(C)(C)C2(C)C)cc1N. The minimum atomic E-state index is 0.0625. The van der Waals surface area contributed by atoms with E-state index in [0.717, 1.165) is 11.3 Å². The van der Waals surface area contributed by atoms with E-state index >= 15 is 0 Å². The standard InChI is InChI=1S/C15H22N2O/c1-9-6-7-10(8-11(9)16)17-13(18)12-14(2,3)15(12,4)5/h6-8,12H,16H2,1-5H3,(H,17,18). The predicted molar refractivity (Wildman–Crippen MR) is 75.3 cm³/mol. The van der Waals surface area contributed by atoms with Gasteiger partial charge in [-0.1, -0.05) is 33.8 Å². The van der Waals surface area contributed by atoms with Crippen LogP contribution in [0, 0.1) is 23.7 Å². The van der Waals surface area contributed by atoms with Gasteiger partial charge >= 0.3 is 0 Å². The molecule has 1 saturated carbocycles. The number of rotatable bonds is 2. The highest BCUT2D eigenvalue weighted by atomic mass is 16.2. The molecule has 0 aliphatic heterocycles. The molecule has 0 unspecified atom stereocenters. The number of nitrogens with two attached hydrogens (primary N) is 1. The largest absolute Gasteiger partial charge is 0.398 e. The fourth-order valence-corrected chi connectivity index (χ4v) is 2.78. The van der Waals surface area contributed by atoms with E-state index in [9.17, 15) is 4.79 Å². The number of aryl methyl sites for hydroxylation is 1. The molecule has 0 bridgehead atoms. The molecule has 0 atom stereocenters. The van der Waals surface area contributed by atoms with Gasteiger partial charge in [-0.15, -0.1) is 0 Å². The first-order valence-electron chi connectivity index (χ1n) is 6.35. The van der Waals surface area contributed by atoms with Crippen LogP contribution in [0.2, 0.25) is 0 Å². The Morgan fingerprint density at radius 3 is 2.22 bits per heavy atom. The zero-order valence-corrected chi connectivity index (χ0v) is 11.8. The molecule has 3 N–H and O–H groups in total. The van der Waals surface area contributed by atoms with Crippen molar-refractivity contribution in [1.82, 2.24) is 0 Å². The molecule has 1 aromatic carbocycles. The van der Waals surface area contributed by atoms with Crippen molar-refractivity contribution in [2.24, 2.45) is 16.7 Å². The molecular weight excluding hydrogens is 224 g/mol. The van der Waals surface area contributed by atoms with E-state index in [1.54, 1.807) is 0 Å². The van der Waals surface area contributed by atoms with E-state index in [0.29, 0.717) is 5.69 Å². The first-order chi connectivity index (χ1) is 8.18. The Morgan fingerprint density at radius 2 is 1.78 bits per heavy atom. The van der Waals surface area contributed by atoms with Gasteiger partial charge in [0, 0.05) is 17.3 Å². The Bertz CT molecular complexity index is 489. The van der Waals surface area contributed by atoms with Crippen molar-refractivity contribution in [3.8, 4) is 0 Å². The first kappa shape index (κ1) is 12.9. The molecule has 0 heterocycles. The third-order valence-corrected chi connectivity index (χ3v) is 4.83. The summed E-state index contributed by atoms with van der Waals surface area (Å²) in [5.74, 6) is 0.154. The van der Waals surface area contributed by atoms with Gasteiger partial charge in [-0.25, -0.2) is 0 Å². The number of amides is 1. The zero-order valence-electron chi connectivity index (χ0n) is 11.8. The van der Waals surface area contributed by atoms with Gasteiger partial charge in [-0.05, 0) is 35.4 Å². The van der Waals surface area contributed by atoms with Crippen molar-refractivity contribution in [3.63, 3.8) is 0 Å². The van der Waals surface area contributed by atoms with Gasteiger partial charge in [-0.2, -0.15) is 0 Å². The fourth-order valence-electron chi connectivity index (χ4n) is 2.78. The van der Waals surface area contributed by atoms with Crippen molar-refractivity contribution in [2.75, 3.05) is 11.1 Å². The van der Waals surface area contributed by atoms with Gasteiger partial charge in [0.2, 0.25) is 5.91 Å². The number of carbonyl (C=O) groups excluding carboxylic acids is 1. The molecule has 1 aromatic rings. The summed E-state index contributed by atoms with van der Waals surface area (Å²) < 4.78 is 0. The van der Waals surface area contributed by atoms with Crippen LogP contribution in [0.15, 0.2) is 18.2 Å². The summed E-state index contributed by atoms with van der Waals surface area (Å²) in [6.45, 7) is 10.5. The molecule has 3 heteroatoms. The molecule has 0 radical (unpaired) electrons. The molecule has 1 amide bonds. The maximum absolute atomic E-state index is 12.3. The summed E-state index contributed by atoms with van der Waals surface area (Å²) in [4.78, 5) is 12.3. The molecular formula is C15H22N2O. The van der Waals surface area contributed by atoms with Crippen LogP contribution in [0.4, 0.5) is 11.4 Å². The summed E-state index contributed by atoms with van der Waals surface area (Å²) in [6.07, 6.45) is 0. The molecule has 18 heavy (non-hydrogen) atoms. The van der Waals surface area contributed by atoms with Crippen LogP contribution < -0.4 is 11.1 Å². The Balaban J connectivity index is 2.12. The molecule has 0 aromatic heterocycles. The van der Waals surface area contributed by atoms with Crippen LogP contribution >= 0.6 is 0 Å². The molecule has 1 aliphatic rings. The lowest BCUT2D eigenvalue weighted by Crippen LogP contribution is -2.17. The summed E-state index contributed by atoms with van der Waals surface area (Å²) >= 11 is 0. The topological polar surface area (TPSA) is 55.1 Å². The lowest BCUT2D eigenvalue weighted by molar-refractivity contribution is -0.118. The Labute approximate surface area is 109 Å². The Morgan fingerprint density at radius 1 is 1.22 bits per heavy atom. The monoisotopic (exact) mass is 246 g/mol. The van der Waals surface area contributed by atoms with Gasteiger partial charge in [0.25, 0.3) is 0 Å². The van der Waals surface area contributed by atoms with Crippen molar-refractivity contribution < 1.29 is 4.79 Å². The number of hydrogen-bond acceptors (Lipinski definition) is 2. The normalized spacial score (nSPS) is 20.5. The Hall–Kier alpha value is -1.51. The van der Waals surface area contributed by atoms with Crippen LogP contribution in [0.3, 0.4) is 0 Å². The number of nitrogens with one attached hydrogen (secondary N) is 1. The minimum absolute atomic E-state index is 0.0625. The Kier molecular flexibility index (Phi) is 2.69. The molecule has 3 nitrogen and oxygen atoms in total. The number of nitrogen functional groups attached to an aromatic ring is 1. The summed E-state index contributed by atoms with van der Waals surface area (Å²) in [5, 5.41) is 2.96. The third-order valence-electron chi connectivity index (χ3n) is 4.83. The van der Waals surface area contributed by atoms with Crippen LogP contribution in [0.5, 0.6) is 0 Å². The summed E-state index contributed by atoms with van der Waals surface area (Å²) in [6, 6.07) is 5.63. The second kappa shape index (κ2) is 3.74. The number of hydrogen-bond donors (Lipinski definition) is 2. The summed E-state index contributed by atoms with van der Waals surface area (Å²) in [7, 11) is 0. The number of anilines is 2. The maximum Gasteiger partial charge on any atom is 0.228 e. The average Bonchev–Trinajstić information content (AvgIpc) is 2.63. The average molecular weight is 246 g/mol. The van der Waals surface area contributed by atoms with E-state index in [1.807, 2.05) is 25.1 Å². The van der Waals surface area contributed by atoms with E-state index in [-0.39, 0.29) is 22.7 Å². The van der Waals surface area contributed by atoms with Gasteiger partial charge in [0.05, 0.1) is 0 Å². The molecule has 1 aliphatic carbocycles. The second-order valence-electron chi connectivity index (χ2n) is 6.44. The molecule has 0 spiro atoms. The smallest absolute Gasteiger partial charge is 0.228 e. The van der Waals surface area contributed by atoms with Crippen LogP contribution in [0.1, 0.15) is 33.3 Å². The molecule has 98 valence electrons.